The molecule has 0 heterocycles. The third-order valence-corrected chi connectivity index (χ3v) is 6.14. The highest BCUT2D eigenvalue weighted by Gasteiger charge is 2.49. The molecule has 0 bridgehead atoms. The van der Waals surface area contributed by atoms with Crippen molar-refractivity contribution in [3.8, 4) is 0 Å². The molecule has 1 aliphatic carbocycles. The Morgan fingerprint density at radius 3 is 1.34 bits per heavy atom. The molecular weight excluding hydrogens is 444 g/mol. The molecule has 35 heavy (non-hydrogen) atoms. The van der Waals surface area contributed by atoms with Gasteiger partial charge < -0.3 is 20.4 Å². The maximum absolute atomic E-state index is 12.9. The molecule has 4 atom stereocenters. The summed E-state index contributed by atoms with van der Waals surface area (Å²) < 4.78 is 0. The molecule has 0 aliphatic heterocycles. The summed E-state index contributed by atoms with van der Waals surface area (Å²) in [6.07, 6.45) is 1.12. The minimum absolute atomic E-state index is 0.205. The maximum atomic E-state index is 12.9. The maximum Gasteiger partial charge on any atom is 0.244 e. The van der Waals surface area contributed by atoms with E-state index in [9.17, 15) is 19.2 Å². The SMILES string of the molecule is CN(C)C(=O)[C@H](Cc1ccccc1)NC(=O)[C@H]1C[C@H]1C(=O)N[C@@H](Cc1ccccc1)C(=O)N(C)C. The number of rotatable bonds is 10. The van der Waals surface area contributed by atoms with Gasteiger partial charge in [-0.3, -0.25) is 19.2 Å². The average Bonchev–Trinajstić information content (AvgIpc) is 3.65. The average molecular weight is 479 g/mol. The van der Waals surface area contributed by atoms with Crippen molar-refractivity contribution in [1.82, 2.24) is 20.4 Å². The topological polar surface area (TPSA) is 98.8 Å². The molecule has 8 heteroatoms. The van der Waals surface area contributed by atoms with Crippen molar-refractivity contribution in [3.05, 3.63) is 71.8 Å². The molecule has 1 saturated carbocycles. The lowest BCUT2D eigenvalue weighted by Gasteiger charge is -2.23. The van der Waals surface area contributed by atoms with E-state index in [1.165, 1.54) is 9.80 Å². The van der Waals surface area contributed by atoms with Crippen LogP contribution in [0, 0.1) is 11.8 Å². The number of carbonyl (C=O) groups is 4. The molecule has 186 valence electrons. The first-order valence-electron chi connectivity index (χ1n) is 11.8. The van der Waals surface area contributed by atoms with Crippen LogP contribution in [0.15, 0.2) is 60.7 Å². The number of carbonyl (C=O) groups excluding carboxylic acids is 4. The van der Waals surface area contributed by atoms with Crippen molar-refractivity contribution < 1.29 is 19.2 Å². The van der Waals surface area contributed by atoms with E-state index in [1.807, 2.05) is 60.7 Å². The summed E-state index contributed by atoms with van der Waals surface area (Å²) in [7, 11) is 6.59. The number of likely N-dealkylation sites (N-methyl/N-ethyl adjacent to an activating group) is 2. The van der Waals surface area contributed by atoms with Crippen molar-refractivity contribution in [2.24, 2.45) is 11.8 Å². The molecule has 4 amide bonds. The van der Waals surface area contributed by atoms with Gasteiger partial charge in [0.05, 0.1) is 11.8 Å². The lowest BCUT2D eigenvalue weighted by molar-refractivity contribution is -0.136. The lowest BCUT2D eigenvalue weighted by atomic mass is 10.0. The molecule has 2 aromatic carbocycles. The van der Waals surface area contributed by atoms with Gasteiger partial charge in [0.1, 0.15) is 12.1 Å². The molecule has 2 aromatic rings. The van der Waals surface area contributed by atoms with Crippen molar-refractivity contribution >= 4 is 23.6 Å². The second kappa shape index (κ2) is 11.6. The summed E-state index contributed by atoms with van der Waals surface area (Å²) in [4.78, 5) is 54.1. The number of hydrogen-bond acceptors (Lipinski definition) is 4. The van der Waals surface area contributed by atoms with E-state index in [1.54, 1.807) is 28.2 Å². The van der Waals surface area contributed by atoms with E-state index < -0.39 is 23.9 Å². The second-order valence-corrected chi connectivity index (χ2v) is 9.42. The van der Waals surface area contributed by atoms with Gasteiger partial charge in [-0.25, -0.2) is 0 Å². The third kappa shape index (κ3) is 7.15. The van der Waals surface area contributed by atoms with Gasteiger partial charge in [-0.1, -0.05) is 60.7 Å². The van der Waals surface area contributed by atoms with E-state index in [4.69, 9.17) is 0 Å². The summed E-state index contributed by atoms with van der Waals surface area (Å²) in [5.74, 6) is -2.09. The van der Waals surface area contributed by atoms with Gasteiger partial charge in [0, 0.05) is 41.0 Å². The Morgan fingerprint density at radius 1 is 0.686 bits per heavy atom. The smallest absolute Gasteiger partial charge is 0.244 e. The van der Waals surface area contributed by atoms with Gasteiger partial charge in [-0.2, -0.15) is 0 Å². The molecule has 8 nitrogen and oxygen atoms in total. The highest BCUT2D eigenvalue weighted by atomic mass is 16.2. The lowest BCUT2D eigenvalue weighted by Crippen LogP contribution is -2.49. The Balaban J connectivity index is 1.62. The van der Waals surface area contributed by atoms with Gasteiger partial charge >= 0.3 is 0 Å². The highest BCUT2D eigenvalue weighted by Crippen LogP contribution is 2.39. The zero-order chi connectivity index (χ0) is 25.5. The molecule has 0 radical (unpaired) electrons. The molecular formula is C27H34N4O4. The first-order chi connectivity index (χ1) is 16.7. The van der Waals surface area contributed by atoms with E-state index in [2.05, 4.69) is 10.6 Å². The van der Waals surface area contributed by atoms with Crippen LogP contribution in [0.4, 0.5) is 0 Å². The van der Waals surface area contributed by atoms with E-state index in [0.717, 1.165) is 11.1 Å². The number of hydrogen-bond donors (Lipinski definition) is 2. The largest absolute Gasteiger partial charge is 0.347 e. The first-order valence-corrected chi connectivity index (χ1v) is 11.8. The van der Waals surface area contributed by atoms with Crippen LogP contribution in [0.2, 0.25) is 0 Å². The Hall–Kier alpha value is -3.68. The number of nitrogens with zero attached hydrogens (tertiary/aromatic N) is 2. The van der Waals surface area contributed by atoms with Gasteiger partial charge in [-0.15, -0.1) is 0 Å². The fourth-order valence-corrected chi connectivity index (χ4v) is 4.06. The Kier molecular flexibility index (Phi) is 8.63. The standard InChI is InChI=1S/C27H34N4O4/c1-30(2)26(34)22(15-18-11-7-5-8-12-18)28-24(32)20-17-21(20)25(33)29-23(27(35)31(3)4)16-19-13-9-6-10-14-19/h5-14,20-23H,15-17H2,1-4H3,(H,28,32)(H,29,33)/t20-,21+,22-,23-/m0/s1. The summed E-state index contributed by atoms with van der Waals surface area (Å²) in [5.41, 5.74) is 1.87. The summed E-state index contributed by atoms with van der Waals surface area (Å²) in [6, 6.07) is 17.5. The zero-order valence-electron chi connectivity index (χ0n) is 20.7. The van der Waals surface area contributed by atoms with Crippen LogP contribution >= 0.6 is 0 Å². The summed E-state index contributed by atoms with van der Waals surface area (Å²) in [5, 5.41) is 5.68. The third-order valence-electron chi connectivity index (χ3n) is 6.14. The minimum atomic E-state index is -0.717. The molecule has 3 rings (SSSR count). The van der Waals surface area contributed by atoms with E-state index >= 15 is 0 Å². The molecule has 0 unspecified atom stereocenters. The quantitative estimate of drug-likeness (QED) is 0.537. The summed E-state index contributed by atoms with van der Waals surface area (Å²) in [6.45, 7) is 0. The number of amides is 4. The van der Waals surface area contributed by atoms with Crippen LogP contribution < -0.4 is 10.6 Å². The molecule has 1 fully saturated rings. The van der Waals surface area contributed by atoms with Crippen molar-refractivity contribution in [2.45, 2.75) is 31.3 Å². The fraction of sp³-hybridized carbons (Fsp3) is 0.407. The van der Waals surface area contributed by atoms with Crippen molar-refractivity contribution in [3.63, 3.8) is 0 Å². The Bertz CT molecular complexity index is 956. The monoisotopic (exact) mass is 478 g/mol. The molecule has 0 spiro atoms. The minimum Gasteiger partial charge on any atom is -0.347 e. The predicted octanol–water partition coefficient (Wildman–Crippen LogP) is 1.25. The molecule has 2 N–H and O–H groups in total. The van der Waals surface area contributed by atoms with Gasteiger partial charge in [0.2, 0.25) is 23.6 Å². The zero-order valence-corrected chi connectivity index (χ0v) is 20.7. The number of nitrogens with one attached hydrogen (secondary N) is 2. The fourth-order valence-electron chi connectivity index (χ4n) is 4.06. The highest BCUT2D eigenvalue weighted by molar-refractivity contribution is 5.96. The van der Waals surface area contributed by atoms with Crippen molar-refractivity contribution in [2.75, 3.05) is 28.2 Å². The Labute approximate surface area is 206 Å². The molecule has 0 aromatic heterocycles. The summed E-state index contributed by atoms with van der Waals surface area (Å²) >= 11 is 0. The van der Waals surface area contributed by atoms with Crippen LogP contribution in [0.1, 0.15) is 17.5 Å². The Morgan fingerprint density at radius 2 is 1.03 bits per heavy atom. The first kappa shape index (κ1) is 25.9. The second-order valence-electron chi connectivity index (χ2n) is 9.42. The van der Waals surface area contributed by atoms with Crippen LogP contribution in [0.5, 0.6) is 0 Å². The van der Waals surface area contributed by atoms with Crippen LogP contribution in [-0.2, 0) is 32.0 Å². The van der Waals surface area contributed by atoms with E-state index in [0.29, 0.717) is 19.3 Å². The van der Waals surface area contributed by atoms with Gasteiger partial charge in [0.15, 0.2) is 0 Å². The van der Waals surface area contributed by atoms with E-state index in [-0.39, 0.29) is 23.6 Å². The van der Waals surface area contributed by atoms with Crippen LogP contribution in [0.25, 0.3) is 0 Å². The normalized spacial score (nSPS) is 18.1. The number of benzene rings is 2. The van der Waals surface area contributed by atoms with Gasteiger partial charge in [-0.05, 0) is 17.5 Å². The molecule has 1 aliphatic rings. The van der Waals surface area contributed by atoms with Crippen LogP contribution in [-0.4, -0.2) is 73.7 Å². The van der Waals surface area contributed by atoms with Crippen LogP contribution in [0.3, 0.4) is 0 Å². The molecule has 0 saturated heterocycles. The van der Waals surface area contributed by atoms with Crippen molar-refractivity contribution in [1.29, 1.82) is 0 Å². The van der Waals surface area contributed by atoms with Gasteiger partial charge in [0.25, 0.3) is 0 Å². The predicted molar refractivity (Wildman–Crippen MR) is 133 cm³/mol.